The number of carbonyl (C=O) groups excluding carboxylic acids is 1. The number of ether oxygens (including phenoxy) is 3. The van der Waals surface area contributed by atoms with E-state index in [-0.39, 0.29) is 5.91 Å². The van der Waals surface area contributed by atoms with Crippen LogP contribution in [0.25, 0.3) is 0 Å². The summed E-state index contributed by atoms with van der Waals surface area (Å²) < 4.78 is 16.0. The van der Waals surface area contributed by atoms with Gasteiger partial charge in [-0.1, -0.05) is 0 Å². The monoisotopic (exact) mass is 348 g/mol. The largest absolute Gasteiger partial charge is 0.493 e. The number of rotatable bonds is 8. The Morgan fingerprint density at radius 3 is 2.60 bits per heavy atom. The molecule has 3 rings (SSSR count). The van der Waals surface area contributed by atoms with E-state index in [9.17, 15) is 4.79 Å². The first-order valence-corrected chi connectivity index (χ1v) is 9.03. The second-order valence-electron chi connectivity index (χ2n) is 6.93. The van der Waals surface area contributed by atoms with Crippen molar-refractivity contribution in [1.82, 2.24) is 5.32 Å². The van der Waals surface area contributed by atoms with E-state index in [0.29, 0.717) is 49.1 Å². The number of anilines is 1. The van der Waals surface area contributed by atoms with Gasteiger partial charge in [0, 0.05) is 37.4 Å². The lowest BCUT2D eigenvalue weighted by Crippen LogP contribution is -2.39. The van der Waals surface area contributed by atoms with Gasteiger partial charge >= 0.3 is 0 Å². The van der Waals surface area contributed by atoms with Crippen molar-refractivity contribution in [3.63, 3.8) is 0 Å². The molecule has 2 N–H and O–H groups in total. The fourth-order valence-corrected chi connectivity index (χ4v) is 3.92. The fraction of sp³-hybridized carbons (Fsp3) is 0.632. The zero-order chi connectivity index (χ0) is 17.6. The number of benzene rings is 1. The SMILES string of the molecule is COCCOc1cc(NC(=O)CC2CC3CCC(C2)N3)ccc1OC. The Morgan fingerprint density at radius 2 is 1.92 bits per heavy atom. The van der Waals surface area contributed by atoms with Gasteiger partial charge in [-0.25, -0.2) is 0 Å². The average Bonchev–Trinajstić information content (AvgIpc) is 2.94. The average molecular weight is 348 g/mol. The van der Waals surface area contributed by atoms with E-state index in [1.165, 1.54) is 12.8 Å². The minimum atomic E-state index is 0.0688. The van der Waals surface area contributed by atoms with E-state index in [0.717, 1.165) is 18.5 Å². The third kappa shape index (κ3) is 4.86. The van der Waals surface area contributed by atoms with Crippen LogP contribution < -0.4 is 20.1 Å². The molecule has 0 spiro atoms. The molecular weight excluding hydrogens is 320 g/mol. The van der Waals surface area contributed by atoms with Crippen LogP contribution in [0, 0.1) is 5.92 Å². The van der Waals surface area contributed by atoms with E-state index in [2.05, 4.69) is 10.6 Å². The molecule has 2 saturated heterocycles. The van der Waals surface area contributed by atoms with Crippen molar-refractivity contribution in [2.75, 3.05) is 32.8 Å². The maximum atomic E-state index is 12.4. The summed E-state index contributed by atoms with van der Waals surface area (Å²) in [6.45, 7) is 0.930. The molecule has 6 nitrogen and oxygen atoms in total. The molecule has 138 valence electrons. The van der Waals surface area contributed by atoms with E-state index >= 15 is 0 Å². The highest BCUT2D eigenvalue weighted by Gasteiger charge is 2.34. The van der Waals surface area contributed by atoms with Crippen molar-refractivity contribution in [2.24, 2.45) is 5.92 Å². The highest BCUT2D eigenvalue weighted by Crippen LogP contribution is 2.33. The third-order valence-corrected chi connectivity index (χ3v) is 5.04. The lowest BCUT2D eigenvalue weighted by Gasteiger charge is -2.28. The summed E-state index contributed by atoms with van der Waals surface area (Å²) in [5.74, 6) is 1.80. The summed E-state index contributed by atoms with van der Waals surface area (Å²) in [5, 5.41) is 6.61. The van der Waals surface area contributed by atoms with Crippen LogP contribution >= 0.6 is 0 Å². The molecule has 0 radical (unpaired) electrons. The molecule has 2 heterocycles. The van der Waals surface area contributed by atoms with Gasteiger partial charge in [0.2, 0.25) is 5.91 Å². The zero-order valence-corrected chi connectivity index (χ0v) is 15.0. The molecule has 0 aliphatic carbocycles. The van der Waals surface area contributed by atoms with Crippen LogP contribution in [-0.4, -0.2) is 45.4 Å². The molecule has 2 unspecified atom stereocenters. The van der Waals surface area contributed by atoms with Crippen LogP contribution in [0.2, 0.25) is 0 Å². The Labute approximate surface area is 149 Å². The molecule has 2 atom stereocenters. The van der Waals surface area contributed by atoms with Crippen molar-refractivity contribution in [2.45, 2.75) is 44.2 Å². The molecule has 6 heteroatoms. The summed E-state index contributed by atoms with van der Waals surface area (Å²) >= 11 is 0. The molecule has 25 heavy (non-hydrogen) atoms. The number of hydrogen-bond donors (Lipinski definition) is 2. The summed E-state index contributed by atoms with van der Waals surface area (Å²) in [6, 6.07) is 6.67. The summed E-state index contributed by atoms with van der Waals surface area (Å²) in [6.07, 6.45) is 5.31. The number of amides is 1. The molecule has 2 aliphatic heterocycles. The van der Waals surface area contributed by atoms with Gasteiger partial charge in [0.25, 0.3) is 0 Å². The first-order chi connectivity index (χ1) is 12.2. The van der Waals surface area contributed by atoms with Crippen LogP contribution in [0.15, 0.2) is 18.2 Å². The molecule has 1 aromatic carbocycles. The van der Waals surface area contributed by atoms with Crippen LogP contribution in [0.3, 0.4) is 0 Å². The van der Waals surface area contributed by atoms with Crippen molar-refractivity contribution in [3.8, 4) is 11.5 Å². The first kappa shape index (κ1) is 18.0. The van der Waals surface area contributed by atoms with Gasteiger partial charge in [-0.15, -0.1) is 0 Å². The van der Waals surface area contributed by atoms with Crippen LogP contribution in [-0.2, 0) is 9.53 Å². The number of fused-ring (bicyclic) bond motifs is 2. The standard InChI is InChI=1S/C19H28N2O4/c1-23-7-8-25-18-12-16(5-6-17(18)24-2)21-19(22)11-13-9-14-3-4-15(10-13)20-14/h5-6,12-15,20H,3-4,7-11H2,1-2H3,(H,21,22). The van der Waals surface area contributed by atoms with Crippen LogP contribution in [0.4, 0.5) is 5.69 Å². The fourth-order valence-electron chi connectivity index (χ4n) is 3.92. The van der Waals surface area contributed by atoms with Crippen LogP contribution in [0.5, 0.6) is 11.5 Å². The summed E-state index contributed by atoms with van der Waals surface area (Å²) in [4.78, 5) is 12.4. The van der Waals surface area contributed by atoms with Gasteiger partial charge < -0.3 is 24.8 Å². The normalized spacial score (nSPS) is 24.8. The summed E-state index contributed by atoms with van der Waals surface area (Å²) in [5.41, 5.74) is 0.732. The van der Waals surface area contributed by atoms with E-state index < -0.39 is 0 Å². The molecule has 0 aromatic heterocycles. The second kappa shape index (κ2) is 8.54. The molecule has 1 amide bonds. The maximum absolute atomic E-state index is 12.4. The Kier molecular flexibility index (Phi) is 6.15. The van der Waals surface area contributed by atoms with E-state index in [1.54, 1.807) is 20.3 Å². The molecule has 2 aliphatic rings. The third-order valence-electron chi connectivity index (χ3n) is 5.04. The minimum Gasteiger partial charge on any atom is -0.493 e. The van der Waals surface area contributed by atoms with Gasteiger partial charge in [0.1, 0.15) is 6.61 Å². The molecule has 0 saturated carbocycles. The van der Waals surface area contributed by atoms with Gasteiger partial charge in [-0.05, 0) is 43.7 Å². The predicted octanol–water partition coefficient (Wildman–Crippen LogP) is 2.58. The quantitative estimate of drug-likeness (QED) is 0.707. The second-order valence-corrected chi connectivity index (χ2v) is 6.93. The Balaban J connectivity index is 1.55. The minimum absolute atomic E-state index is 0.0688. The van der Waals surface area contributed by atoms with Gasteiger partial charge in [0.05, 0.1) is 13.7 Å². The molecular formula is C19H28N2O4. The Morgan fingerprint density at radius 1 is 1.16 bits per heavy atom. The van der Waals surface area contributed by atoms with Crippen molar-refractivity contribution in [1.29, 1.82) is 0 Å². The number of carbonyl (C=O) groups is 1. The topological polar surface area (TPSA) is 68.8 Å². The Hall–Kier alpha value is -1.79. The summed E-state index contributed by atoms with van der Waals surface area (Å²) in [7, 11) is 3.23. The van der Waals surface area contributed by atoms with E-state index in [4.69, 9.17) is 14.2 Å². The van der Waals surface area contributed by atoms with Crippen LogP contribution in [0.1, 0.15) is 32.1 Å². The smallest absolute Gasteiger partial charge is 0.224 e. The number of piperidine rings is 1. The highest BCUT2D eigenvalue weighted by molar-refractivity contribution is 5.91. The molecule has 2 fully saturated rings. The van der Waals surface area contributed by atoms with Crippen molar-refractivity contribution in [3.05, 3.63) is 18.2 Å². The zero-order valence-electron chi connectivity index (χ0n) is 15.0. The van der Waals surface area contributed by atoms with Gasteiger partial charge in [0.15, 0.2) is 11.5 Å². The van der Waals surface area contributed by atoms with Gasteiger partial charge in [-0.2, -0.15) is 0 Å². The van der Waals surface area contributed by atoms with Gasteiger partial charge in [-0.3, -0.25) is 4.79 Å². The predicted molar refractivity (Wildman–Crippen MR) is 96.3 cm³/mol. The number of nitrogens with one attached hydrogen (secondary N) is 2. The highest BCUT2D eigenvalue weighted by atomic mass is 16.5. The van der Waals surface area contributed by atoms with Crippen molar-refractivity contribution < 1.29 is 19.0 Å². The number of hydrogen-bond acceptors (Lipinski definition) is 5. The molecule has 2 bridgehead atoms. The lowest BCUT2D eigenvalue weighted by atomic mass is 9.89. The first-order valence-electron chi connectivity index (χ1n) is 9.03. The van der Waals surface area contributed by atoms with Crippen molar-refractivity contribution >= 4 is 11.6 Å². The number of methoxy groups -OCH3 is 2. The maximum Gasteiger partial charge on any atom is 0.224 e. The van der Waals surface area contributed by atoms with E-state index in [1.807, 2.05) is 12.1 Å². The molecule has 1 aromatic rings. The Bertz CT molecular complexity index is 581. The lowest BCUT2D eigenvalue weighted by molar-refractivity contribution is -0.117.